The van der Waals surface area contributed by atoms with Gasteiger partial charge in [0.15, 0.2) is 0 Å². The van der Waals surface area contributed by atoms with Crippen LogP contribution in [0.1, 0.15) is 99.9 Å². The Kier molecular flexibility index (Phi) is 12.9. The van der Waals surface area contributed by atoms with Gasteiger partial charge in [-0.15, -0.1) is 10.2 Å². The molecular formula is C30H40N4O4. The molecule has 0 fully saturated rings. The fraction of sp³-hybridized carbons (Fsp3) is 0.467. The molecule has 1 aromatic heterocycles. The van der Waals surface area contributed by atoms with Gasteiger partial charge in [0, 0.05) is 11.6 Å². The molecule has 8 heteroatoms. The van der Waals surface area contributed by atoms with Crippen molar-refractivity contribution >= 4 is 12.2 Å². The molecule has 0 aliphatic carbocycles. The summed E-state index contributed by atoms with van der Waals surface area (Å²) in [4.78, 5) is 12.5. The average Bonchev–Trinajstić information content (AvgIpc) is 3.45. The third kappa shape index (κ3) is 10.7. The van der Waals surface area contributed by atoms with Gasteiger partial charge in [0.1, 0.15) is 29.9 Å². The summed E-state index contributed by atoms with van der Waals surface area (Å²) >= 11 is 0. The molecule has 0 saturated carbocycles. The van der Waals surface area contributed by atoms with E-state index in [0.717, 1.165) is 12.2 Å². The summed E-state index contributed by atoms with van der Waals surface area (Å²) in [5.74, 6) is 0.400. The standard InChI is InChI=1S/C30H40N4O4/c1-2-3-4-5-6-7-8-9-10-11-12-13-20-37-27-17-14-25(15-18-27)30(36)38-28-19-16-26(29(35)21-28)22-33-34-23-31-32-24-34/h14-19,21-24,35H,2-13,20H2,1H3/b33-22+. The highest BCUT2D eigenvalue weighted by molar-refractivity contribution is 5.91. The monoisotopic (exact) mass is 520 g/mol. The number of phenolic OH excluding ortho intramolecular Hbond substituents is 1. The highest BCUT2D eigenvalue weighted by Crippen LogP contribution is 2.24. The second kappa shape index (κ2) is 16.9. The number of nitrogens with zero attached hydrogens (tertiary/aromatic N) is 4. The third-order valence-corrected chi connectivity index (χ3v) is 6.31. The van der Waals surface area contributed by atoms with Crippen LogP contribution in [0.5, 0.6) is 17.2 Å². The van der Waals surface area contributed by atoms with Crippen LogP contribution in [0.2, 0.25) is 0 Å². The maximum Gasteiger partial charge on any atom is 0.343 e. The first kappa shape index (κ1) is 28.9. The van der Waals surface area contributed by atoms with Crippen molar-refractivity contribution in [1.82, 2.24) is 14.9 Å². The van der Waals surface area contributed by atoms with Crippen LogP contribution in [0.15, 0.2) is 60.2 Å². The van der Waals surface area contributed by atoms with Crippen molar-refractivity contribution < 1.29 is 19.4 Å². The molecule has 0 radical (unpaired) electrons. The maximum absolute atomic E-state index is 12.5. The van der Waals surface area contributed by atoms with Crippen molar-refractivity contribution in [3.8, 4) is 17.2 Å². The summed E-state index contributed by atoms with van der Waals surface area (Å²) in [6.07, 6.45) is 20.1. The molecule has 1 heterocycles. The van der Waals surface area contributed by atoms with E-state index in [4.69, 9.17) is 9.47 Å². The van der Waals surface area contributed by atoms with Crippen molar-refractivity contribution in [2.24, 2.45) is 5.10 Å². The normalized spacial score (nSPS) is 11.2. The summed E-state index contributed by atoms with van der Waals surface area (Å²) < 4.78 is 12.6. The molecule has 204 valence electrons. The Hall–Kier alpha value is -3.68. The van der Waals surface area contributed by atoms with Gasteiger partial charge in [0.25, 0.3) is 0 Å². The quantitative estimate of drug-likeness (QED) is 0.0826. The molecule has 1 N–H and O–H groups in total. The second-order valence-electron chi connectivity index (χ2n) is 9.46. The highest BCUT2D eigenvalue weighted by Gasteiger charge is 2.10. The van der Waals surface area contributed by atoms with Crippen LogP contribution in [0.3, 0.4) is 0 Å². The minimum Gasteiger partial charge on any atom is -0.507 e. The predicted molar refractivity (Wildman–Crippen MR) is 149 cm³/mol. The molecule has 0 unspecified atom stereocenters. The zero-order valence-electron chi connectivity index (χ0n) is 22.4. The van der Waals surface area contributed by atoms with E-state index in [-0.39, 0.29) is 11.5 Å². The van der Waals surface area contributed by atoms with Crippen LogP contribution >= 0.6 is 0 Å². The summed E-state index contributed by atoms with van der Waals surface area (Å²) in [6.45, 7) is 2.94. The van der Waals surface area contributed by atoms with E-state index >= 15 is 0 Å². The van der Waals surface area contributed by atoms with Gasteiger partial charge in [-0.25, -0.2) is 9.47 Å². The number of benzene rings is 2. The SMILES string of the molecule is CCCCCCCCCCCCCCOc1ccc(C(=O)Oc2ccc(/C=N/n3cnnc3)c(O)c2)cc1. The first-order valence-corrected chi connectivity index (χ1v) is 13.8. The molecule has 0 aliphatic rings. The van der Waals surface area contributed by atoms with Crippen molar-refractivity contribution in [1.29, 1.82) is 0 Å². The number of aromatic nitrogens is 3. The molecule has 0 saturated heterocycles. The predicted octanol–water partition coefficient (Wildman–Crippen LogP) is 7.17. The van der Waals surface area contributed by atoms with Gasteiger partial charge in [0.05, 0.1) is 18.4 Å². The van der Waals surface area contributed by atoms with E-state index < -0.39 is 5.97 Å². The lowest BCUT2D eigenvalue weighted by Gasteiger charge is -2.08. The van der Waals surface area contributed by atoms with E-state index in [0.29, 0.717) is 17.7 Å². The number of rotatable bonds is 18. The number of carbonyl (C=O) groups excluding carboxylic acids is 1. The molecule has 0 bridgehead atoms. The average molecular weight is 521 g/mol. The van der Waals surface area contributed by atoms with Gasteiger partial charge in [-0.2, -0.15) is 5.10 Å². The van der Waals surface area contributed by atoms with Crippen LogP contribution in [0.25, 0.3) is 0 Å². The number of hydrogen-bond acceptors (Lipinski definition) is 7. The van der Waals surface area contributed by atoms with Crippen LogP contribution in [-0.4, -0.2) is 38.8 Å². The van der Waals surface area contributed by atoms with Crippen molar-refractivity contribution in [3.63, 3.8) is 0 Å². The lowest BCUT2D eigenvalue weighted by atomic mass is 10.1. The molecule has 0 spiro atoms. The Labute approximate surface area is 225 Å². The topological polar surface area (TPSA) is 98.8 Å². The van der Waals surface area contributed by atoms with Gasteiger partial charge >= 0.3 is 5.97 Å². The number of phenols is 1. The fourth-order valence-corrected chi connectivity index (χ4v) is 4.07. The smallest absolute Gasteiger partial charge is 0.343 e. The Morgan fingerprint density at radius 1 is 0.842 bits per heavy atom. The highest BCUT2D eigenvalue weighted by atomic mass is 16.5. The fourth-order valence-electron chi connectivity index (χ4n) is 4.07. The minimum atomic E-state index is -0.511. The molecule has 38 heavy (non-hydrogen) atoms. The number of esters is 1. The van der Waals surface area contributed by atoms with Crippen LogP contribution in [0.4, 0.5) is 0 Å². The van der Waals surface area contributed by atoms with Gasteiger partial charge in [-0.1, -0.05) is 77.6 Å². The Morgan fingerprint density at radius 2 is 1.42 bits per heavy atom. The van der Waals surface area contributed by atoms with Gasteiger partial charge < -0.3 is 14.6 Å². The second-order valence-corrected chi connectivity index (χ2v) is 9.46. The molecule has 0 atom stereocenters. The van der Waals surface area contributed by atoms with Crippen molar-refractivity contribution in [3.05, 3.63) is 66.2 Å². The summed E-state index contributed by atoms with van der Waals surface area (Å²) in [5, 5.41) is 21.6. The largest absolute Gasteiger partial charge is 0.507 e. The van der Waals surface area contributed by atoms with Crippen LogP contribution in [0, 0.1) is 0 Å². The Morgan fingerprint density at radius 3 is 2.03 bits per heavy atom. The Balaban J connectivity index is 1.29. The number of ether oxygens (including phenoxy) is 2. The summed E-state index contributed by atoms with van der Waals surface area (Å²) in [5.41, 5.74) is 0.869. The summed E-state index contributed by atoms with van der Waals surface area (Å²) in [6, 6.07) is 11.5. The van der Waals surface area contributed by atoms with Crippen molar-refractivity contribution in [2.75, 3.05) is 6.61 Å². The summed E-state index contributed by atoms with van der Waals surface area (Å²) in [7, 11) is 0. The first-order valence-electron chi connectivity index (χ1n) is 13.8. The van der Waals surface area contributed by atoms with Gasteiger partial charge in [0.2, 0.25) is 0 Å². The molecule has 2 aromatic carbocycles. The zero-order valence-corrected chi connectivity index (χ0v) is 22.4. The number of aromatic hydroxyl groups is 1. The minimum absolute atomic E-state index is 0.0614. The van der Waals surface area contributed by atoms with E-state index in [1.807, 2.05) is 0 Å². The molecule has 8 nitrogen and oxygen atoms in total. The third-order valence-electron chi connectivity index (χ3n) is 6.31. The van der Waals surface area contributed by atoms with Crippen LogP contribution < -0.4 is 9.47 Å². The van der Waals surface area contributed by atoms with Crippen LogP contribution in [-0.2, 0) is 0 Å². The van der Waals surface area contributed by atoms with Gasteiger partial charge in [-0.05, 0) is 42.8 Å². The number of carbonyl (C=O) groups is 1. The molecular weight excluding hydrogens is 480 g/mol. The lowest BCUT2D eigenvalue weighted by molar-refractivity contribution is 0.0734. The maximum atomic E-state index is 12.5. The molecule has 3 rings (SSSR count). The molecule has 0 aliphatic heterocycles. The zero-order chi connectivity index (χ0) is 26.8. The number of hydrogen-bond donors (Lipinski definition) is 1. The van der Waals surface area contributed by atoms with E-state index in [1.165, 1.54) is 100 Å². The van der Waals surface area contributed by atoms with Gasteiger partial charge in [-0.3, -0.25) is 0 Å². The number of unbranched alkanes of at least 4 members (excludes halogenated alkanes) is 11. The first-order chi connectivity index (χ1) is 18.7. The van der Waals surface area contributed by atoms with E-state index in [9.17, 15) is 9.90 Å². The van der Waals surface area contributed by atoms with E-state index in [2.05, 4.69) is 22.2 Å². The Bertz CT molecular complexity index is 1100. The van der Waals surface area contributed by atoms with E-state index in [1.54, 1.807) is 36.4 Å². The van der Waals surface area contributed by atoms with Crippen molar-refractivity contribution in [2.45, 2.75) is 84.0 Å². The lowest BCUT2D eigenvalue weighted by Crippen LogP contribution is -2.08. The molecule has 3 aromatic rings. The molecule has 0 amide bonds.